The fourth-order valence-corrected chi connectivity index (χ4v) is 3.19. The molecule has 1 aliphatic rings. The fourth-order valence-electron chi connectivity index (χ4n) is 3.19. The van der Waals surface area contributed by atoms with Gasteiger partial charge in [-0.1, -0.05) is 34.9 Å². The van der Waals surface area contributed by atoms with Crippen molar-refractivity contribution < 1.29 is 10.2 Å². The predicted molar refractivity (Wildman–Crippen MR) is 97.0 cm³/mol. The number of aromatic hydroxyl groups is 2. The van der Waals surface area contributed by atoms with Gasteiger partial charge >= 0.3 is 0 Å². The van der Waals surface area contributed by atoms with E-state index in [0.717, 1.165) is 30.4 Å². The van der Waals surface area contributed by atoms with Crippen molar-refractivity contribution >= 4 is 0 Å². The number of phenolic OH excluding ortho intramolecular Hbond substituents is 2. The zero-order valence-electron chi connectivity index (χ0n) is 14.7. The molecule has 1 atom stereocenters. The van der Waals surface area contributed by atoms with E-state index in [2.05, 4.69) is 45.9 Å². The minimum Gasteiger partial charge on any atom is -0.508 e. The number of hydrogen-bond acceptors (Lipinski definition) is 2. The smallest absolute Gasteiger partial charge is 0.119 e. The minimum atomic E-state index is 0.157. The second kappa shape index (κ2) is 7.54. The van der Waals surface area contributed by atoms with Crippen molar-refractivity contribution in [2.45, 2.75) is 59.3 Å². The number of fused-ring (bicyclic) bond motifs is 1. The molecule has 1 unspecified atom stereocenters. The van der Waals surface area contributed by atoms with Crippen molar-refractivity contribution in [1.82, 2.24) is 0 Å². The summed E-state index contributed by atoms with van der Waals surface area (Å²) in [6.07, 6.45) is 10.4. The Morgan fingerprint density at radius 2 is 1.83 bits per heavy atom. The van der Waals surface area contributed by atoms with Crippen LogP contribution in [0.4, 0.5) is 0 Å². The zero-order chi connectivity index (χ0) is 17.0. The summed E-state index contributed by atoms with van der Waals surface area (Å²) in [5.74, 6) is 0.742. The van der Waals surface area contributed by atoms with Crippen molar-refractivity contribution in [3.63, 3.8) is 0 Å². The lowest BCUT2D eigenvalue weighted by Gasteiger charge is -2.26. The number of benzene rings is 1. The monoisotopic (exact) mass is 312 g/mol. The van der Waals surface area contributed by atoms with Gasteiger partial charge in [0.1, 0.15) is 11.5 Å². The third-order valence-electron chi connectivity index (χ3n) is 4.63. The Balaban J connectivity index is 2.17. The van der Waals surface area contributed by atoms with E-state index in [1.807, 2.05) is 0 Å². The van der Waals surface area contributed by atoms with Gasteiger partial charge in [0.25, 0.3) is 0 Å². The van der Waals surface area contributed by atoms with E-state index < -0.39 is 0 Å². The lowest BCUT2D eigenvalue weighted by Crippen LogP contribution is -2.09. The molecule has 0 heterocycles. The summed E-state index contributed by atoms with van der Waals surface area (Å²) in [7, 11) is 0. The first-order chi connectivity index (χ1) is 10.9. The molecule has 0 saturated carbocycles. The molecule has 0 amide bonds. The Morgan fingerprint density at radius 1 is 1.13 bits per heavy atom. The normalized spacial score (nSPS) is 17.5. The molecular formula is C21H28O2. The van der Waals surface area contributed by atoms with Crippen LogP contribution in [0.5, 0.6) is 11.5 Å². The first-order valence-electron chi connectivity index (χ1n) is 8.39. The van der Waals surface area contributed by atoms with Gasteiger partial charge in [0.2, 0.25) is 0 Å². The lowest BCUT2D eigenvalue weighted by atomic mass is 9.79. The summed E-state index contributed by atoms with van der Waals surface area (Å²) in [6, 6.07) is 3.19. The summed E-state index contributed by atoms with van der Waals surface area (Å²) in [4.78, 5) is 0. The van der Waals surface area contributed by atoms with Crippen LogP contribution < -0.4 is 0 Å². The fraction of sp³-hybridized carbons (Fsp3) is 0.429. The molecule has 0 spiro atoms. The molecular weight excluding hydrogens is 284 g/mol. The highest BCUT2D eigenvalue weighted by Gasteiger charge is 2.25. The summed E-state index contributed by atoms with van der Waals surface area (Å²) < 4.78 is 0. The maximum Gasteiger partial charge on any atom is 0.119 e. The minimum absolute atomic E-state index is 0.157. The molecule has 0 radical (unpaired) electrons. The highest BCUT2D eigenvalue weighted by molar-refractivity contribution is 5.55. The van der Waals surface area contributed by atoms with Crippen LogP contribution in [0, 0.1) is 0 Å². The van der Waals surface area contributed by atoms with Gasteiger partial charge < -0.3 is 10.2 Å². The van der Waals surface area contributed by atoms with Crippen LogP contribution in [-0.4, -0.2) is 10.2 Å². The third kappa shape index (κ3) is 4.28. The van der Waals surface area contributed by atoms with Gasteiger partial charge in [0.05, 0.1) is 0 Å². The SMILES string of the molecule is CC(C)=CCC/C(C)=C/CC1C(C)=CCc2c(O)ccc(O)c21. The Hall–Kier alpha value is -1.96. The summed E-state index contributed by atoms with van der Waals surface area (Å²) in [5.41, 5.74) is 5.78. The van der Waals surface area contributed by atoms with Crippen LogP contribution >= 0.6 is 0 Å². The largest absolute Gasteiger partial charge is 0.508 e. The van der Waals surface area contributed by atoms with Crippen molar-refractivity contribution in [3.05, 3.63) is 58.2 Å². The van der Waals surface area contributed by atoms with Crippen LogP contribution in [0.1, 0.15) is 64.0 Å². The first kappa shape index (κ1) is 17.4. The second-order valence-electron chi connectivity index (χ2n) is 6.81. The number of phenols is 2. The molecule has 1 aromatic rings. The molecule has 0 aliphatic heterocycles. The van der Waals surface area contributed by atoms with E-state index >= 15 is 0 Å². The van der Waals surface area contributed by atoms with Crippen LogP contribution in [0.2, 0.25) is 0 Å². The van der Waals surface area contributed by atoms with Gasteiger partial charge in [-0.15, -0.1) is 0 Å². The zero-order valence-corrected chi connectivity index (χ0v) is 14.7. The van der Waals surface area contributed by atoms with E-state index in [0.29, 0.717) is 12.2 Å². The van der Waals surface area contributed by atoms with Gasteiger partial charge in [0, 0.05) is 17.0 Å². The highest BCUT2D eigenvalue weighted by atomic mass is 16.3. The second-order valence-corrected chi connectivity index (χ2v) is 6.81. The Kier molecular flexibility index (Phi) is 5.70. The molecule has 1 aliphatic carbocycles. The van der Waals surface area contributed by atoms with Gasteiger partial charge in [-0.05, 0) is 65.5 Å². The van der Waals surface area contributed by atoms with Crippen molar-refractivity contribution in [2.24, 2.45) is 0 Å². The highest BCUT2D eigenvalue weighted by Crippen LogP contribution is 2.43. The molecule has 1 aromatic carbocycles. The molecule has 2 N–H and O–H groups in total. The first-order valence-corrected chi connectivity index (χ1v) is 8.39. The van der Waals surface area contributed by atoms with Crippen molar-refractivity contribution in [3.8, 4) is 11.5 Å². The van der Waals surface area contributed by atoms with E-state index in [-0.39, 0.29) is 11.7 Å². The van der Waals surface area contributed by atoms with E-state index in [1.54, 1.807) is 12.1 Å². The van der Waals surface area contributed by atoms with Crippen molar-refractivity contribution in [1.29, 1.82) is 0 Å². The molecule has 0 fully saturated rings. The van der Waals surface area contributed by atoms with Crippen LogP contribution in [-0.2, 0) is 6.42 Å². The Morgan fingerprint density at radius 3 is 2.52 bits per heavy atom. The molecule has 124 valence electrons. The van der Waals surface area contributed by atoms with Gasteiger partial charge in [-0.2, -0.15) is 0 Å². The maximum absolute atomic E-state index is 10.3. The molecule has 2 rings (SSSR count). The Bertz CT molecular complexity index is 659. The van der Waals surface area contributed by atoms with Gasteiger partial charge in [-0.3, -0.25) is 0 Å². The molecule has 0 saturated heterocycles. The van der Waals surface area contributed by atoms with Crippen molar-refractivity contribution in [2.75, 3.05) is 0 Å². The molecule has 2 heteroatoms. The van der Waals surface area contributed by atoms with Gasteiger partial charge in [-0.25, -0.2) is 0 Å². The number of allylic oxidation sites excluding steroid dienone is 6. The third-order valence-corrected chi connectivity index (χ3v) is 4.63. The standard InChI is InChI=1S/C21H28O2/c1-14(2)6-5-7-15(3)8-10-17-16(4)9-11-18-19(22)12-13-20(23)21(17)18/h6,8-9,12-13,17,22-23H,5,7,10-11H2,1-4H3/b15-8+. The molecule has 2 nitrogen and oxygen atoms in total. The predicted octanol–water partition coefficient (Wildman–Crippen LogP) is 5.77. The summed E-state index contributed by atoms with van der Waals surface area (Å²) in [5, 5.41) is 20.3. The molecule has 0 bridgehead atoms. The number of hydrogen-bond donors (Lipinski definition) is 2. The van der Waals surface area contributed by atoms with E-state index in [4.69, 9.17) is 0 Å². The molecule has 23 heavy (non-hydrogen) atoms. The topological polar surface area (TPSA) is 40.5 Å². The van der Waals surface area contributed by atoms with E-state index in [1.165, 1.54) is 16.7 Å². The van der Waals surface area contributed by atoms with Crippen LogP contribution in [0.15, 0.2) is 47.1 Å². The lowest BCUT2D eigenvalue weighted by molar-refractivity contribution is 0.444. The Labute approximate surface area is 139 Å². The number of rotatable bonds is 5. The summed E-state index contributed by atoms with van der Waals surface area (Å²) >= 11 is 0. The van der Waals surface area contributed by atoms with Crippen LogP contribution in [0.25, 0.3) is 0 Å². The average Bonchev–Trinajstić information content (AvgIpc) is 2.49. The average molecular weight is 312 g/mol. The van der Waals surface area contributed by atoms with E-state index in [9.17, 15) is 10.2 Å². The van der Waals surface area contributed by atoms with Gasteiger partial charge in [0.15, 0.2) is 0 Å². The summed E-state index contributed by atoms with van der Waals surface area (Å²) in [6.45, 7) is 8.54. The quantitative estimate of drug-likeness (QED) is 0.535. The van der Waals surface area contributed by atoms with Crippen LogP contribution in [0.3, 0.4) is 0 Å². The maximum atomic E-state index is 10.3. The molecule has 0 aromatic heterocycles.